The molecular formula is C29H27N5O3S. The molecule has 38 heavy (non-hydrogen) atoms. The maximum Gasteiger partial charge on any atom is 0.335 e. The van der Waals surface area contributed by atoms with E-state index in [2.05, 4.69) is 20.5 Å². The summed E-state index contributed by atoms with van der Waals surface area (Å²) in [7, 11) is 0. The van der Waals surface area contributed by atoms with E-state index in [-0.39, 0.29) is 23.6 Å². The number of aromatic nitrogens is 2. The quantitative estimate of drug-likeness (QED) is 0.278. The fourth-order valence-electron chi connectivity index (χ4n) is 4.77. The first-order chi connectivity index (χ1) is 18.4. The van der Waals surface area contributed by atoms with Gasteiger partial charge in [-0.15, -0.1) is 0 Å². The minimum Gasteiger partial charge on any atom is -0.478 e. The summed E-state index contributed by atoms with van der Waals surface area (Å²) in [4.78, 5) is 30.3. The molecule has 192 valence electrons. The Bertz CT molecular complexity index is 1520. The van der Waals surface area contributed by atoms with Crippen LogP contribution in [0.5, 0.6) is 0 Å². The van der Waals surface area contributed by atoms with Gasteiger partial charge >= 0.3 is 5.97 Å². The molecule has 8 nitrogen and oxygen atoms in total. The SMILES string of the molecule is CCC(=O)Nc1ccc(N2C(=S)N[C@@H](c3ccccn3)[C@H]2c2cccn2-c2cccc(C(=O)O)c2)cc1C. The number of hydrogen-bond acceptors (Lipinski definition) is 4. The molecule has 9 heteroatoms. The summed E-state index contributed by atoms with van der Waals surface area (Å²) in [5.74, 6) is -1.03. The fraction of sp³-hybridized carbons (Fsp3) is 0.172. The highest BCUT2D eigenvalue weighted by Gasteiger charge is 2.42. The van der Waals surface area contributed by atoms with E-state index in [4.69, 9.17) is 12.2 Å². The van der Waals surface area contributed by atoms with Crippen molar-refractivity contribution < 1.29 is 14.7 Å². The highest BCUT2D eigenvalue weighted by atomic mass is 32.1. The Balaban J connectivity index is 1.62. The van der Waals surface area contributed by atoms with Crippen molar-refractivity contribution >= 4 is 40.6 Å². The van der Waals surface area contributed by atoms with E-state index in [9.17, 15) is 14.7 Å². The summed E-state index contributed by atoms with van der Waals surface area (Å²) in [5, 5.41) is 16.5. The van der Waals surface area contributed by atoms with E-state index >= 15 is 0 Å². The van der Waals surface area contributed by atoms with Crippen LogP contribution in [0.4, 0.5) is 11.4 Å². The van der Waals surface area contributed by atoms with Gasteiger partial charge in [-0.3, -0.25) is 9.78 Å². The Morgan fingerprint density at radius 1 is 1.05 bits per heavy atom. The van der Waals surface area contributed by atoms with Gasteiger partial charge in [-0.1, -0.05) is 19.1 Å². The lowest BCUT2D eigenvalue weighted by molar-refractivity contribution is -0.115. The van der Waals surface area contributed by atoms with Crippen molar-refractivity contribution in [2.45, 2.75) is 32.4 Å². The highest BCUT2D eigenvalue weighted by molar-refractivity contribution is 7.80. The Morgan fingerprint density at radius 3 is 2.61 bits per heavy atom. The predicted molar refractivity (Wildman–Crippen MR) is 151 cm³/mol. The van der Waals surface area contributed by atoms with E-state index in [1.807, 2.05) is 79.2 Å². The number of amides is 1. The molecule has 2 atom stereocenters. The van der Waals surface area contributed by atoms with Crippen LogP contribution in [-0.4, -0.2) is 31.6 Å². The van der Waals surface area contributed by atoms with E-state index < -0.39 is 5.97 Å². The van der Waals surface area contributed by atoms with Crippen LogP contribution in [0.25, 0.3) is 5.69 Å². The second-order valence-electron chi connectivity index (χ2n) is 9.06. The lowest BCUT2D eigenvalue weighted by atomic mass is 10.00. The van der Waals surface area contributed by atoms with Crippen molar-refractivity contribution in [1.29, 1.82) is 0 Å². The van der Waals surface area contributed by atoms with Crippen LogP contribution >= 0.6 is 12.2 Å². The molecule has 4 aromatic rings. The van der Waals surface area contributed by atoms with Gasteiger partial charge in [0.15, 0.2) is 5.11 Å². The molecule has 0 bridgehead atoms. The summed E-state index contributed by atoms with van der Waals surface area (Å²) in [5.41, 5.74) is 5.22. The first-order valence-electron chi connectivity index (χ1n) is 12.3. The van der Waals surface area contributed by atoms with Crippen molar-refractivity contribution in [3.05, 3.63) is 108 Å². The highest BCUT2D eigenvalue weighted by Crippen LogP contribution is 2.43. The molecule has 0 saturated carbocycles. The van der Waals surface area contributed by atoms with Crippen LogP contribution in [0, 0.1) is 6.92 Å². The number of carbonyl (C=O) groups is 2. The van der Waals surface area contributed by atoms with Crippen LogP contribution in [0.2, 0.25) is 0 Å². The average molecular weight is 526 g/mol. The number of carbonyl (C=O) groups excluding carboxylic acids is 1. The third kappa shape index (κ3) is 4.76. The molecule has 3 heterocycles. The molecule has 2 aromatic carbocycles. The number of rotatable bonds is 7. The third-order valence-corrected chi connectivity index (χ3v) is 6.95. The maximum atomic E-state index is 12.0. The van der Waals surface area contributed by atoms with Crippen molar-refractivity contribution in [2.75, 3.05) is 10.2 Å². The van der Waals surface area contributed by atoms with Crippen molar-refractivity contribution in [3.8, 4) is 5.69 Å². The number of anilines is 2. The summed E-state index contributed by atoms with van der Waals surface area (Å²) in [6.07, 6.45) is 4.07. The molecule has 1 aliphatic rings. The molecule has 1 saturated heterocycles. The van der Waals surface area contributed by atoms with Gasteiger partial charge in [-0.25, -0.2) is 4.79 Å². The molecule has 0 aliphatic carbocycles. The molecule has 1 aliphatic heterocycles. The van der Waals surface area contributed by atoms with E-state index in [1.165, 1.54) is 0 Å². The largest absolute Gasteiger partial charge is 0.478 e. The zero-order valence-corrected chi connectivity index (χ0v) is 21.8. The van der Waals surface area contributed by atoms with Gasteiger partial charge in [0.05, 0.1) is 17.3 Å². The van der Waals surface area contributed by atoms with Crippen LogP contribution in [0.1, 0.15) is 52.7 Å². The van der Waals surface area contributed by atoms with E-state index in [1.54, 1.807) is 24.4 Å². The van der Waals surface area contributed by atoms with Gasteiger partial charge in [-0.05, 0) is 85.4 Å². The number of hydrogen-bond donors (Lipinski definition) is 3. The van der Waals surface area contributed by atoms with Crippen molar-refractivity contribution in [1.82, 2.24) is 14.9 Å². The second-order valence-corrected chi connectivity index (χ2v) is 9.44. The fourth-order valence-corrected chi connectivity index (χ4v) is 5.11. The number of aromatic carboxylic acids is 1. The Labute approximate surface area is 225 Å². The second kappa shape index (κ2) is 10.5. The number of benzene rings is 2. The number of aryl methyl sites for hydroxylation is 1. The standard InChI is InChI=1S/C29H27N5O3S/c1-3-25(35)31-22-13-12-21(16-18(22)2)34-27(26(32-29(34)38)23-10-4-5-14-30-23)24-11-7-15-33(24)20-9-6-8-19(17-20)28(36)37/h4-17,26-27H,3H2,1-2H3,(H,31,35)(H,32,38)(H,36,37)/t26-,27+/m0/s1. The number of carboxylic acid groups (broad SMARTS) is 1. The lowest BCUT2D eigenvalue weighted by Crippen LogP contribution is -2.30. The molecule has 0 spiro atoms. The van der Waals surface area contributed by atoms with Gasteiger partial charge in [0.2, 0.25) is 5.91 Å². The molecule has 5 rings (SSSR count). The minimum absolute atomic E-state index is 0.0475. The van der Waals surface area contributed by atoms with E-state index in [0.717, 1.165) is 34.0 Å². The summed E-state index contributed by atoms with van der Waals surface area (Å²) in [6.45, 7) is 3.77. The summed E-state index contributed by atoms with van der Waals surface area (Å²) in [6, 6.07) is 21.9. The maximum absolute atomic E-state index is 12.0. The van der Waals surface area contributed by atoms with E-state index in [0.29, 0.717) is 11.5 Å². The Kier molecular flexibility index (Phi) is 6.93. The first-order valence-corrected chi connectivity index (χ1v) is 12.7. The van der Waals surface area contributed by atoms with Crippen LogP contribution in [-0.2, 0) is 4.79 Å². The molecule has 1 amide bonds. The van der Waals surface area contributed by atoms with Crippen LogP contribution < -0.4 is 15.5 Å². The van der Waals surface area contributed by atoms with Crippen LogP contribution in [0.3, 0.4) is 0 Å². The lowest BCUT2D eigenvalue weighted by Gasteiger charge is -2.29. The topological polar surface area (TPSA) is 99.5 Å². The van der Waals surface area contributed by atoms with Gasteiger partial charge in [-0.2, -0.15) is 0 Å². The molecule has 2 aromatic heterocycles. The minimum atomic E-state index is -0.983. The Morgan fingerprint density at radius 2 is 1.89 bits per heavy atom. The van der Waals surface area contributed by atoms with Crippen molar-refractivity contribution in [2.24, 2.45) is 0 Å². The number of pyridine rings is 1. The molecule has 1 fully saturated rings. The normalized spacial score (nSPS) is 16.8. The zero-order chi connectivity index (χ0) is 26.8. The smallest absolute Gasteiger partial charge is 0.335 e. The molecular weight excluding hydrogens is 498 g/mol. The van der Waals surface area contributed by atoms with Crippen molar-refractivity contribution in [3.63, 3.8) is 0 Å². The number of thiocarbonyl (C=S) groups is 1. The summed E-state index contributed by atoms with van der Waals surface area (Å²) < 4.78 is 1.98. The number of nitrogens with zero attached hydrogens (tertiary/aromatic N) is 3. The van der Waals surface area contributed by atoms with Gasteiger partial charge in [0, 0.05) is 41.6 Å². The molecule has 0 radical (unpaired) electrons. The first kappa shape index (κ1) is 25.2. The number of nitrogens with one attached hydrogen (secondary N) is 2. The van der Waals surface area contributed by atoms with Gasteiger partial charge in [0.1, 0.15) is 6.04 Å². The summed E-state index contributed by atoms with van der Waals surface area (Å²) >= 11 is 5.86. The molecule has 0 unspecified atom stereocenters. The zero-order valence-electron chi connectivity index (χ0n) is 21.0. The monoisotopic (exact) mass is 525 g/mol. The predicted octanol–water partition coefficient (Wildman–Crippen LogP) is 5.40. The number of carboxylic acids is 1. The van der Waals surface area contributed by atoms with Crippen LogP contribution in [0.15, 0.2) is 85.2 Å². The van der Waals surface area contributed by atoms with Gasteiger partial charge in [0.25, 0.3) is 0 Å². The average Bonchev–Trinajstić information content (AvgIpc) is 3.54. The third-order valence-electron chi connectivity index (χ3n) is 6.64. The Hall–Kier alpha value is -4.50. The molecule has 3 N–H and O–H groups in total. The van der Waals surface area contributed by atoms with Gasteiger partial charge < -0.3 is 25.2 Å².